The van der Waals surface area contributed by atoms with Crippen LogP contribution in [0.1, 0.15) is 19.3 Å². The maximum atomic E-state index is 12.0. The largest absolute Gasteiger partial charge is 0.324 e. The second-order valence-electron chi connectivity index (χ2n) is 4.90. The fraction of sp³-hybridized carbons (Fsp3) is 0.250. The molecule has 2 aromatic rings. The fourth-order valence-corrected chi connectivity index (χ4v) is 2.51. The molecule has 0 saturated carbocycles. The molecule has 1 heterocycles. The van der Waals surface area contributed by atoms with Crippen LogP contribution in [0.5, 0.6) is 0 Å². The minimum atomic E-state index is 0.0645. The van der Waals surface area contributed by atoms with E-state index in [1.54, 1.807) is 6.20 Å². The third-order valence-corrected chi connectivity index (χ3v) is 3.47. The average Bonchev–Trinajstić information content (AvgIpc) is 2.92. The van der Waals surface area contributed by atoms with Crippen LogP contribution in [0.3, 0.4) is 0 Å². The number of para-hydroxylation sites is 1. The first-order chi connectivity index (χ1) is 9.33. The summed E-state index contributed by atoms with van der Waals surface area (Å²) >= 11 is 0. The zero-order chi connectivity index (χ0) is 13.1. The fourth-order valence-electron chi connectivity index (χ4n) is 2.51. The number of pyridine rings is 1. The highest BCUT2D eigenvalue weighted by atomic mass is 16.1. The summed E-state index contributed by atoms with van der Waals surface area (Å²) < 4.78 is 0. The standard InChI is InChI=1S/C16H16N2O/c19-15(11-12-5-1-2-6-12)18-14-9-3-7-13-8-4-10-17-16(13)14/h1,3-5,7-10,12H,2,6,11H2,(H,18,19)/t12-/m0/s1. The van der Waals surface area contributed by atoms with E-state index in [1.165, 1.54) is 0 Å². The number of hydrogen-bond acceptors (Lipinski definition) is 2. The van der Waals surface area contributed by atoms with E-state index in [1.807, 2.05) is 30.3 Å². The first-order valence-electron chi connectivity index (χ1n) is 6.63. The highest BCUT2D eigenvalue weighted by molar-refractivity contribution is 6.00. The summed E-state index contributed by atoms with van der Waals surface area (Å²) in [5.74, 6) is 0.456. The lowest BCUT2D eigenvalue weighted by molar-refractivity contribution is -0.116. The number of carbonyl (C=O) groups excluding carboxylic acids is 1. The molecule has 1 aromatic heterocycles. The van der Waals surface area contributed by atoms with Gasteiger partial charge in [0.15, 0.2) is 0 Å². The Bertz CT molecular complexity index is 628. The molecule has 3 rings (SSSR count). The number of amides is 1. The molecule has 1 atom stereocenters. The lowest BCUT2D eigenvalue weighted by atomic mass is 10.0. The maximum Gasteiger partial charge on any atom is 0.225 e. The molecule has 0 fully saturated rings. The molecule has 0 radical (unpaired) electrons. The van der Waals surface area contributed by atoms with Crippen molar-refractivity contribution in [2.24, 2.45) is 5.92 Å². The molecule has 19 heavy (non-hydrogen) atoms. The minimum Gasteiger partial charge on any atom is -0.324 e. The number of benzene rings is 1. The first-order valence-corrected chi connectivity index (χ1v) is 6.63. The molecule has 0 saturated heterocycles. The highest BCUT2D eigenvalue weighted by Gasteiger charge is 2.14. The smallest absolute Gasteiger partial charge is 0.225 e. The third-order valence-electron chi connectivity index (χ3n) is 3.47. The van der Waals surface area contributed by atoms with Gasteiger partial charge in [-0.3, -0.25) is 9.78 Å². The Kier molecular flexibility index (Phi) is 3.27. The van der Waals surface area contributed by atoms with E-state index in [9.17, 15) is 4.79 Å². The molecule has 1 aliphatic carbocycles. The molecule has 0 bridgehead atoms. The van der Waals surface area contributed by atoms with Crippen molar-refractivity contribution in [1.82, 2.24) is 4.98 Å². The molecule has 1 amide bonds. The van der Waals surface area contributed by atoms with E-state index in [2.05, 4.69) is 22.5 Å². The molecular weight excluding hydrogens is 236 g/mol. The van der Waals surface area contributed by atoms with Crippen molar-refractivity contribution in [3.8, 4) is 0 Å². The summed E-state index contributed by atoms with van der Waals surface area (Å²) in [5, 5.41) is 4.02. The van der Waals surface area contributed by atoms with E-state index in [0.717, 1.165) is 29.4 Å². The summed E-state index contributed by atoms with van der Waals surface area (Å²) in [6.07, 6.45) is 8.77. The summed E-state index contributed by atoms with van der Waals surface area (Å²) in [4.78, 5) is 16.4. The summed E-state index contributed by atoms with van der Waals surface area (Å²) in [6, 6.07) is 9.74. The Morgan fingerprint density at radius 3 is 3.05 bits per heavy atom. The Morgan fingerprint density at radius 2 is 2.21 bits per heavy atom. The van der Waals surface area contributed by atoms with Crippen molar-refractivity contribution in [3.63, 3.8) is 0 Å². The van der Waals surface area contributed by atoms with Gasteiger partial charge >= 0.3 is 0 Å². The zero-order valence-corrected chi connectivity index (χ0v) is 10.7. The average molecular weight is 252 g/mol. The van der Waals surface area contributed by atoms with Crippen LogP contribution >= 0.6 is 0 Å². The SMILES string of the molecule is O=C(C[C@H]1C=CCC1)Nc1cccc2cccnc12. The Hall–Kier alpha value is -2.16. The van der Waals surface area contributed by atoms with Gasteiger partial charge in [0.05, 0.1) is 11.2 Å². The molecule has 0 unspecified atom stereocenters. The second kappa shape index (κ2) is 5.22. The molecule has 3 nitrogen and oxygen atoms in total. The number of anilines is 1. The molecule has 0 aliphatic heterocycles. The molecule has 1 aromatic carbocycles. The van der Waals surface area contributed by atoms with Gasteiger partial charge in [-0.15, -0.1) is 0 Å². The van der Waals surface area contributed by atoms with Crippen molar-refractivity contribution in [3.05, 3.63) is 48.7 Å². The lowest BCUT2D eigenvalue weighted by Crippen LogP contribution is -2.15. The van der Waals surface area contributed by atoms with Crippen molar-refractivity contribution in [1.29, 1.82) is 0 Å². The number of rotatable bonds is 3. The zero-order valence-electron chi connectivity index (χ0n) is 10.7. The Balaban J connectivity index is 1.77. The lowest BCUT2D eigenvalue weighted by Gasteiger charge is -2.10. The van der Waals surface area contributed by atoms with Gasteiger partial charge in [0, 0.05) is 18.0 Å². The monoisotopic (exact) mass is 252 g/mol. The van der Waals surface area contributed by atoms with Crippen LogP contribution in [0, 0.1) is 5.92 Å². The minimum absolute atomic E-state index is 0.0645. The quantitative estimate of drug-likeness (QED) is 0.849. The van der Waals surface area contributed by atoms with Gasteiger partial charge in [-0.2, -0.15) is 0 Å². The van der Waals surface area contributed by atoms with Gasteiger partial charge in [0.1, 0.15) is 0 Å². The number of allylic oxidation sites excluding steroid dienone is 2. The molecule has 1 aliphatic rings. The Labute approximate surface area is 112 Å². The van der Waals surface area contributed by atoms with E-state index >= 15 is 0 Å². The number of fused-ring (bicyclic) bond motifs is 1. The van der Waals surface area contributed by atoms with Crippen molar-refractivity contribution in [2.45, 2.75) is 19.3 Å². The summed E-state index contributed by atoms with van der Waals surface area (Å²) in [5.41, 5.74) is 1.64. The predicted octanol–water partition coefficient (Wildman–Crippen LogP) is 3.53. The van der Waals surface area contributed by atoms with Crippen molar-refractivity contribution >= 4 is 22.5 Å². The van der Waals surface area contributed by atoms with Gasteiger partial charge in [0.25, 0.3) is 0 Å². The van der Waals surface area contributed by atoms with Gasteiger partial charge in [-0.25, -0.2) is 0 Å². The van der Waals surface area contributed by atoms with Gasteiger partial charge in [-0.1, -0.05) is 30.4 Å². The normalized spacial score (nSPS) is 17.8. The number of nitrogens with zero attached hydrogens (tertiary/aromatic N) is 1. The van der Waals surface area contributed by atoms with E-state index in [4.69, 9.17) is 0 Å². The van der Waals surface area contributed by atoms with Crippen LogP contribution < -0.4 is 5.32 Å². The van der Waals surface area contributed by atoms with Gasteiger partial charge in [-0.05, 0) is 30.9 Å². The van der Waals surface area contributed by atoms with Crippen LogP contribution in [0.4, 0.5) is 5.69 Å². The van der Waals surface area contributed by atoms with Crippen LogP contribution in [-0.2, 0) is 4.79 Å². The van der Waals surface area contributed by atoms with E-state index < -0.39 is 0 Å². The number of aromatic nitrogens is 1. The number of nitrogens with one attached hydrogen (secondary N) is 1. The number of hydrogen-bond donors (Lipinski definition) is 1. The van der Waals surface area contributed by atoms with Crippen LogP contribution in [0.2, 0.25) is 0 Å². The van der Waals surface area contributed by atoms with Gasteiger partial charge in [0.2, 0.25) is 5.91 Å². The van der Waals surface area contributed by atoms with Crippen molar-refractivity contribution < 1.29 is 4.79 Å². The van der Waals surface area contributed by atoms with E-state index in [0.29, 0.717) is 12.3 Å². The Morgan fingerprint density at radius 1 is 1.32 bits per heavy atom. The third kappa shape index (κ3) is 2.65. The van der Waals surface area contributed by atoms with Crippen LogP contribution in [0.15, 0.2) is 48.7 Å². The van der Waals surface area contributed by atoms with Crippen LogP contribution in [-0.4, -0.2) is 10.9 Å². The molecule has 0 spiro atoms. The second-order valence-corrected chi connectivity index (χ2v) is 4.90. The maximum absolute atomic E-state index is 12.0. The van der Waals surface area contributed by atoms with Crippen molar-refractivity contribution in [2.75, 3.05) is 5.32 Å². The highest BCUT2D eigenvalue weighted by Crippen LogP contribution is 2.23. The summed E-state index contributed by atoms with van der Waals surface area (Å²) in [7, 11) is 0. The van der Waals surface area contributed by atoms with Gasteiger partial charge < -0.3 is 5.32 Å². The molecular formula is C16H16N2O. The number of carbonyl (C=O) groups is 1. The first kappa shape index (κ1) is 11.9. The molecule has 3 heteroatoms. The molecule has 96 valence electrons. The predicted molar refractivity (Wildman–Crippen MR) is 76.9 cm³/mol. The summed E-state index contributed by atoms with van der Waals surface area (Å²) in [6.45, 7) is 0. The van der Waals surface area contributed by atoms with E-state index in [-0.39, 0.29) is 5.91 Å². The topological polar surface area (TPSA) is 42.0 Å². The molecule has 1 N–H and O–H groups in total. The van der Waals surface area contributed by atoms with Crippen LogP contribution in [0.25, 0.3) is 10.9 Å².